The molecule has 37 heavy (non-hydrogen) atoms. The summed E-state index contributed by atoms with van der Waals surface area (Å²) in [7, 11) is 1.60. The normalized spacial score (nSPS) is 12.9. The van der Waals surface area contributed by atoms with E-state index < -0.39 is 11.3 Å². The van der Waals surface area contributed by atoms with Crippen LogP contribution in [-0.2, 0) is 20.9 Å². The molecule has 0 saturated heterocycles. The van der Waals surface area contributed by atoms with Gasteiger partial charge in [-0.15, -0.1) is 0 Å². The van der Waals surface area contributed by atoms with Crippen molar-refractivity contribution in [2.24, 2.45) is 0 Å². The van der Waals surface area contributed by atoms with E-state index >= 15 is 0 Å². The molecule has 0 heterocycles. The summed E-state index contributed by atoms with van der Waals surface area (Å²) < 4.78 is 46.2. The Morgan fingerprint density at radius 2 is 1.08 bits per heavy atom. The van der Waals surface area contributed by atoms with Crippen molar-refractivity contribution in [3.63, 3.8) is 0 Å². The summed E-state index contributed by atoms with van der Waals surface area (Å²) in [6.45, 7) is 4.44. The second kappa shape index (κ2) is 10.8. The Hall–Kier alpha value is -4.19. The van der Waals surface area contributed by atoms with Gasteiger partial charge in [-0.1, -0.05) is 54.1 Å². The molecule has 0 aliphatic carbocycles. The number of hydrogen-bond acceptors (Lipinski definition) is 4. The SMILES string of the molecule is COc1ccc(C(C)(COC=O)c2ccc(Oc3ccc(C(F)(F)c4ccc(C)cc4)cc3)cc2)cc1. The molecule has 0 bridgehead atoms. The predicted molar refractivity (Wildman–Crippen MR) is 139 cm³/mol. The highest BCUT2D eigenvalue weighted by molar-refractivity contribution is 5.46. The highest BCUT2D eigenvalue weighted by Crippen LogP contribution is 2.38. The Kier molecular flexibility index (Phi) is 7.58. The number of hydrogen-bond donors (Lipinski definition) is 0. The number of benzene rings is 4. The second-order valence-electron chi connectivity index (χ2n) is 9.06. The Morgan fingerprint density at radius 1 is 0.676 bits per heavy atom. The fourth-order valence-electron chi connectivity index (χ4n) is 4.18. The first-order valence-corrected chi connectivity index (χ1v) is 11.8. The van der Waals surface area contributed by atoms with Crippen LogP contribution in [0.1, 0.15) is 34.7 Å². The van der Waals surface area contributed by atoms with Gasteiger partial charge in [0.15, 0.2) is 0 Å². The highest BCUT2D eigenvalue weighted by Gasteiger charge is 2.34. The van der Waals surface area contributed by atoms with Gasteiger partial charge in [0, 0.05) is 11.1 Å². The summed E-state index contributed by atoms with van der Waals surface area (Å²) in [5, 5.41) is 0. The van der Waals surface area contributed by atoms with Gasteiger partial charge in [0.05, 0.1) is 12.5 Å². The highest BCUT2D eigenvalue weighted by atomic mass is 19.3. The van der Waals surface area contributed by atoms with Gasteiger partial charge in [0.25, 0.3) is 12.4 Å². The van der Waals surface area contributed by atoms with Gasteiger partial charge in [-0.3, -0.25) is 4.79 Å². The first-order chi connectivity index (χ1) is 17.8. The van der Waals surface area contributed by atoms with Crippen LogP contribution in [0.5, 0.6) is 17.2 Å². The summed E-state index contributed by atoms with van der Waals surface area (Å²) in [6, 6.07) is 27.0. The van der Waals surface area contributed by atoms with E-state index in [0.717, 1.165) is 22.4 Å². The van der Waals surface area contributed by atoms with Crippen LogP contribution in [0, 0.1) is 6.92 Å². The van der Waals surface area contributed by atoms with Crippen molar-refractivity contribution < 1.29 is 27.8 Å². The molecule has 0 aliphatic rings. The minimum atomic E-state index is -3.11. The van der Waals surface area contributed by atoms with E-state index in [-0.39, 0.29) is 17.7 Å². The number of carbonyl (C=O) groups excluding carboxylic acids is 1. The standard InChI is InChI=1S/C31H28F2O4/c1-22-4-6-25(7-5-22)31(32,33)26-12-18-29(19-13-26)37-28-16-10-24(11-17-28)30(2,20-36-21-34)23-8-14-27(35-3)15-9-23/h4-19,21H,20H2,1-3H3. The molecule has 0 aromatic heterocycles. The first kappa shape index (κ1) is 25.9. The molecule has 1 unspecified atom stereocenters. The van der Waals surface area contributed by atoms with E-state index in [1.54, 1.807) is 31.4 Å². The maximum Gasteiger partial charge on any atom is 0.298 e. The quantitative estimate of drug-likeness (QED) is 0.212. The van der Waals surface area contributed by atoms with Crippen LogP contribution < -0.4 is 9.47 Å². The number of methoxy groups -OCH3 is 1. The number of halogens is 2. The number of aryl methyl sites for hydroxylation is 1. The smallest absolute Gasteiger partial charge is 0.298 e. The van der Waals surface area contributed by atoms with Gasteiger partial charge in [0.1, 0.15) is 23.9 Å². The topological polar surface area (TPSA) is 44.8 Å². The molecule has 0 spiro atoms. The third kappa shape index (κ3) is 5.64. The number of alkyl halides is 2. The Bertz CT molecular complexity index is 1320. The van der Waals surface area contributed by atoms with Crippen LogP contribution in [0.2, 0.25) is 0 Å². The number of rotatable bonds is 10. The minimum absolute atomic E-state index is 0.0548. The van der Waals surface area contributed by atoms with Crippen LogP contribution in [0.25, 0.3) is 0 Å². The van der Waals surface area contributed by atoms with Gasteiger partial charge in [-0.25, -0.2) is 0 Å². The van der Waals surface area contributed by atoms with Crippen molar-refractivity contribution in [2.75, 3.05) is 13.7 Å². The third-order valence-corrected chi connectivity index (χ3v) is 6.53. The molecule has 190 valence electrons. The van der Waals surface area contributed by atoms with Crippen molar-refractivity contribution in [3.8, 4) is 17.2 Å². The zero-order valence-corrected chi connectivity index (χ0v) is 20.9. The molecule has 4 rings (SSSR count). The van der Waals surface area contributed by atoms with Gasteiger partial charge < -0.3 is 14.2 Å². The molecule has 0 aliphatic heterocycles. The molecule has 0 saturated carbocycles. The fourth-order valence-corrected chi connectivity index (χ4v) is 4.18. The second-order valence-corrected chi connectivity index (χ2v) is 9.06. The van der Waals surface area contributed by atoms with E-state index in [0.29, 0.717) is 18.0 Å². The lowest BCUT2D eigenvalue weighted by molar-refractivity contribution is -0.129. The zero-order valence-electron chi connectivity index (χ0n) is 20.9. The molecule has 0 amide bonds. The van der Waals surface area contributed by atoms with E-state index in [1.165, 1.54) is 36.4 Å². The Morgan fingerprint density at radius 3 is 1.51 bits per heavy atom. The van der Waals surface area contributed by atoms with Crippen LogP contribution in [0.3, 0.4) is 0 Å². The monoisotopic (exact) mass is 502 g/mol. The molecule has 0 N–H and O–H groups in total. The molecular formula is C31H28F2O4. The van der Waals surface area contributed by atoms with E-state index in [1.807, 2.05) is 50.2 Å². The zero-order chi connectivity index (χ0) is 26.5. The largest absolute Gasteiger partial charge is 0.497 e. The van der Waals surface area contributed by atoms with Gasteiger partial charge in [-0.05, 0) is 73.5 Å². The van der Waals surface area contributed by atoms with Crippen LogP contribution >= 0.6 is 0 Å². The van der Waals surface area contributed by atoms with Crippen LogP contribution in [0.4, 0.5) is 8.78 Å². The molecule has 1 atom stereocenters. The fraction of sp³-hybridized carbons (Fsp3) is 0.194. The average molecular weight is 503 g/mol. The molecular weight excluding hydrogens is 474 g/mol. The molecule has 4 aromatic carbocycles. The number of carbonyl (C=O) groups is 1. The lowest BCUT2D eigenvalue weighted by Crippen LogP contribution is -2.29. The lowest BCUT2D eigenvalue weighted by atomic mass is 9.77. The van der Waals surface area contributed by atoms with Crippen molar-refractivity contribution >= 4 is 6.47 Å². The maximum absolute atomic E-state index is 14.9. The van der Waals surface area contributed by atoms with E-state index in [2.05, 4.69) is 0 Å². The summed E-state index contributed by atoms with van der Waals surface area (Å²) in [5.74, 6) is -1.38. The molecule has 0 radical (unpaired) electrons. The Labute approximate surface area is 215 Å². The van der Waals surface area contributed by atoms with E-state index in [9.17, 15) is 13.6 Å². The lowest BCUT2D eigenvalue weighted by Gasteiger charge is -2.30. The van der Waals surface area contributed by atoms with Gasteiger partial charge in [-0.2, -0.15) is 8.78 Å². The van der Waals surface area contributed by atoms with Crippen molar-refractivity contribution in [1.82, 2.24) is 0 Å². The summed E-state index contributed by atoms with van der Waals surface area (Å²) in [5.41, 5.74) is 2.03. The van der Waals surface area contributed by atoms with Crippen molar-refractivity contribution in [3.05, 3.63) is 125 Å². The Balaban J connectivity index is 1.52. The third-order valence-electron chi connectivity index (χ3n) is 6.53. The van der Waals surface area contributed by atoms with Gasteiger partial charge in [0.2, 0.25) is 0 Å². The molecule has 4 aromatic rings. The summed E-state index contributed by atoms with van der Waals surface area (Å²) in [4.78, 5) is 10.9. The van der Waals surface area contributed by atoms with Gasteiger partial charge >= 0.3 is 0 Å². The average Bonchev–Trinajstić information content (AvgIpc) is 2.93. The maximum atomic E-state index is 14.9. The van der Waals surface area contributed by atoms with Crippen LogP contribution in [-0.4, -0.2) is 20.2 Å². The first-order valence-electron chi connectivity index (χ1n) is 11.8. The number of ether oxygens (including phenoxy) is 3. The molecule has 4 nitrogen and oxygen atoms in total. The minimum Gasteiger partial charge on any atom is -0.497 e. The molecule has 6 heteroatoms. The predicted octanol–water partition coefficient (Wildman–Crippen LogP) is 7.42. The molecule has 0 fully saturated rings. The van der Waals surface area contributed by atoms with Crippen LogP contribution in [0.15, 0.2) is 97.1 Å². The summed E-state index contributed by atoms with van der Waals surface area (Å²) >= 11 is 0. The van der Waals surface area contributed by atoms with Crippen molar-refractivity contribution in [1.29, 1.82) is 0 Å². The summed E-state index contributed by atoms with van der Waals surface area (Å²) in [6.07, 6.45) is 0. The van der Waals surface area contributed by atoms with E-state index in [4.69, 9.17) is 14.2 Å². The van der Waals surface area contributed by atoms with Crippen molar-refractivity contribution in [2.45, 2.75) is 25.2 Å².